The molecule has 33 heavy (non-hydrogen) atoms. The second kappa shape index (κ2) is 8.51. The molecule has 0 amide bonds. The molecule has 1 aliphatic rings. The lowest BCUT2D eigenvalue weighted by Crippen LogP contribution is -2.34. The number of rotatable bonds is 4. The zero-order chi connectivity index (χ0) is 23.0. The van der Waals surface area contributed by atoms with Crippen molar-refractivity contribution in [2.75, 3.05) is 17.2 Å². The SMILES string of the molecule is Nc1nc2c(Oc3cc(N4CCCCC4c4ccc(C(F)(F)F)cc4)ncn3)cccc2s1. The van der Waals surface area contributed by atoms with Gasteiger partial charge in [-0.1, -0.05) is 29.5 Å². The smallest absolute Gasteiger partial charge is 0.416 e. The molecule has 0 spiro atoms. The van der Waals surface area contributed by atoms with Crippen LogP contribution in [0.3, 0.4) is 0 Å². The van der Waals surface area contributed by atoms with Crippen molar-refractivity contribution in [3.8, 4) is 11.6 Å². The van der Waals surface area contributed by atoms with E-state index >= 15 is 0 Å². The number of hydrogen-bond acceptors (Lipinski definition) is 7. The highest BCUT2D eigenvalue weighted by Gasteiger charge is 2.31. The van der Waals surface area contributed by atoms with Crippen LogP contribution in [0.1, 0.15) is 36.4 Å². The van der Waals surface area contributed by atoms with E-state index in [1.54, 1.807) is 24.3 Å². The first kappa shape index (κ1) is 21.4. The van der Waals surface area contributed by atoms with Crippen molar-refractivity contribution in [3.63, 3.8) is 0 Å². The summed E-state index contributed by atoms with van der Waals surface area (Å²) in [6, 6.07) is 12.6. The van der Waals surface area contributed by atoms with E-state index in [2.05, 4.69) is 19.9 Å². The van der Waals surface area contributed by atoms with E-state index in [0.29, 0.717) is 28.1 Å². The van der Waals surface area contributed by atoms with Crippen molar-refractivity contribution in [1.29, 1.82) is 0 Å². The predicted molar refractivity (Wildman–Crippen MR) is 122 cm³/mol. The highest BCUT2D eigenvalue weighted by atomic mass is 32.1. The minimum Gasteiger partial charge on any atom is -0.437 e. The van der Waals surface area contributed by atoms with Gasteiger partial charge in [0.25, 0.3) is 0 Å². The minimum atomic E-state index is -4.35. The van der Waals surface area contributed by atoms with Gasteiger partial charge in [-0.15, -0.1) is 0 Å². The molecule has 4 aromatic rings. The number of fused-ring (bicyclic) bond motifs is 1. The molecule has 6 nitrogen and oxygen atoms in total. The molecule has 2 N–H and O–H groups in total. The van der Waals surface area contributed by atoms with Gasteiger partial charge in [0.05, 0.1) is 16.3 Å². The van der Waals surface area contributed by atoms with Crippen molar-refractivity contribution in [2.24, 2.45) is 0 Å². The topological polar surface area (TPSA) is 77.2 Å². The third kappa shape index (κ3) is 4.43. The van der Waals surface area contributed by atoms with Gasteiger partial charge in [-0.3, -0.25) is 0 Å². The molecular weight excluding hydrogens is 451 g/mol. The summed E-state index contributed by atoms with van der Waals surface area (Å²) in [6.45, 7) is 0.736. The number of benzene rings is 2. The van der Waals surface area contributed by atoms with Gasteiger partial charge in [0.15, 0.2) is 10.9 Å². The first-order chi connectivity index (χ1) is 15.9. The lowest BCUT2D eigenvalue weighted by Gasteiger charge is -2.37. The molecule has 1 fully saturated rings. The number of anilines is 2. The molecular formula is C23H20F3N5OS. The molecule has 10 heteroatoms. The van der Waals surface area contributed by atoms with Crippen LogP contribution in [0.5, 0.6) is 11.6 Å². The number of hydrogen-bond donors (Lipinski definition) is 1. The summed E-state index contributed by atoms with van der Waals surface area (Å²) in [7, 11) is 0. The van der Waals surface area contributed by atoms with E-state index in [1.165, 1.54) is 17.7 Å². The summed E-state index contributed by atoms with van der Waals surface area (Å²) in [5, 5.41) is 0.456. The van der Waals surface area contributed by atoms with E-state index in [1.807, 2.05) is 12.1 Å². The second-order valence-electron chi connectivity index (χ2n) is 7.80. The average Bonchev–Trinajstić information content (AvgIpc) is 3.20. The quantitative estimate of drug-likeness (QED) is 0.381. The maximum atomic E-state index is 13.0. The van der Waals surface area contributed by atoms with Crippen LogP contribution < -0.4 is 15.4 Å². The Morgan fingerprint density at radius 3 is 2.67 bits per heavy atom. The largest absolute Gasteiger partial charge is 0.437 e. The Balaban J connectivity index is 1.42. The number of piperidine rings is 1. The number of aromatic nitrogens is 3. The summed E-state index contributed by atoms with van der Waals surface area (Å²) in [5.41, 5.74) is 6.68. The molecule has 3 heterocycles. The zero-order valence-electron chi connectivity index (χ0n) is 17.4. The minimum absolute atomic E-state index is 0.0782. The summed E-state index contributed by atoms with van der Waals surface area (Å²) in [6.07, 6.45) is -0.144. The predicted octanol–water partition coefficient (Wildman–Crippen LogP) is 6.21. The maximum Gasteiger partial charge on any atom is 0.416 e. The molecule has 1 aliphatic heterocycles. The van der Waals surface area contributed by atoms with Gasteiger partial charge < -0.3 is 15.4 Å². The van der Waals surface area contributed by atoms with Gasteiger partial charge in [0, 0.05) is 12.6 Å². The van der Waals surface area contributed by atoms with E-state index in [-0.39, 0.29) is 6.04 Å². The van der Waals surface area contributed by atoms with Crippen LogP contribution in [0.4, 0.5) is 24.1 Å². The molecule has 0 aliphatic carbocycles. The van der Waals surface area contributed by atoms with Crippen LogP contribution in [0.25, 0.3) is 10.2 Å². The van der Waals surface area contributed by atoms with Gasteiger partial charge in [-0.2, -0.15) is 13.2 Å². The van der Waals surface area contributed by atoms with E-state index < -0.39 is 11.7 Å². The first-order valence-corrected chi connectivity index (χ1v) is 11.3. The molecule has 1 unspecified atom stereocenters. The highest BCUT2D eigenvalue weighted by Crippen LogP contribution is 2.38. The fourth-order valence-corrected chi connectivity index (χ4v) is 4.88. The van der Waals surface area contributed by atoms with Crippen molar-refractivity contribution in [3.05, 3.63) is 66.0 Å². The standard InChI is InChI=1S/C23H20F3N5OS/c24-23(25,26)15-9-7-14(8-10-15)16-4-1-2-11-31(16)19-12-20(29-13-28-19)32-17-5-3-6-18-21(17)30-22(27)33-18/h3,5-10,12-13,16H,1-2,4,11H2,(H2,27,30). The van der Waals surface area contributed by atoms with Crippen molar-refractivity contribution in [1.82, 2.24) is 15.0 Å². The van der Waals surface area contributed by atoms with Crippen LogP contribution in [-0.2, 0) is 6.18 Å². The fourth-order valence-electron chi connectivity index (χ4n) is 4.12. The lowest BCUT2D eigenvalue weighted by molar-refractivity contribution is -0.137. The Bertz CT molecular complexity index is 1280. The van der Waals surface area contributed by atoms with Gasteiger partial charge in [-0.05, 0) is 49.1 Å². The Hall–Kier alpha value is -3.40. The Morgan fingerprint density at radius 2 is 1.88 bits per heavy atom. The molecule has 170 valence electrons. The molecule has 0 bridgehead atoms. The van der Waals surface area contributed by atoms with Gasteiger partial charge in [-0.25, -0.2) is 15.0 Å². The normalized spacial score (nSPS) is 16.8. The van der Waals surface area contributed by atoms with Gasteiger partial charge in [0.1, 0.15) is 17.7 Å². The van der Waals surface area contributed by atoms with E-state index in [4.69, 9.17) is 10.5 Å². The number of nitrogens with zero attached hydrogens (tertiary/aromatic N) is 4. The average molecular weight is 472 g/mol. The molecule has 2 aromatic carbocycles. The van der Waals surface area contributed by atoms with Crippen molar-refractivity contribution in [2.45, 2.75) is 31.5 Å². The molecule has 0 radical (unpaired) electrons. The number of ether oxygens (including phenoxy) is 1. The summed E-state index contributed by atoms with van der Waals surface area (Å²) < 4.78 is 45.9. The van der Waals surface area contributed by atoms with Crippen LogP contribution >= 0.6 is 11.3 Å². The number of nitrogen functional groups attached to an aromatic ring is 1. The monoisotopic (exact) mass is 471 g/mol. The number of alkyl halides is 3. The summed E-state index contributed by atoms with van der Waals surface area (Å²) >= 11 is 1.38. The summed E-state index contributed by atoms with van der Waals surface area (Å²) in [4.78, 5) is 15.1. The van der Waals surface area contributed by atoms with E-state index in [0.717, 1.165) is 48.2 Å². The van der Waals surface area contributed by atoms with Crippen molar-refractivity contribution >= 4 is 32.5 Å². The molecule has 0 saturated carbocycles. The molecule has 1 atom stereocenters. The summed E-state index contributed by atoms with van der Waals surface area (Å²) in [5.74, 6) is 1.56. The van der Waals surface area contributed by atoms with Gasteiger partial charge >= 0.3 is 6.18 Å². The van der Waals surface area contributed by atoms with Crippen LogP contribution in [-0.4, -0.2) is 21.5 Å². The van der Waals surface area contributed by atoms with E-state index in [9.17, 15) is 13.2 Å². The number of halogens is 3. The number of thiazole rings is 1. The third-order valence-corrected chi connectivity index (χ3v) is 6.51. The number of para-hydroxylation sites is 1. The molecule has 1 saturated heterocycles. The Labute approximate surface area is 191 Å². The lowest BCUT2D eigenvalue weighted by atomic mass is 9.94. The van der Waals surface area contributed by atoms with Crippen molar-refractivity contribution < 1.29 is 17.9 Å². The fraction of sp³-hybridized carbons (Fsp3) is 0.261. The van der Waals surface area contributed by atoms with Gasteiger partial charge in [0.2, 0.25) is 5.88 Å². The highest BCUT2D eigenvalue weighted by molar-refractivity contribution is 7.22. The second-order valence-corrected chi connectivity index (χ2v) is 8.86. The Morgan fingerprint density at radius 1 is 1.06 bits per heavy atom. The number of nitrogens with two attached hydrogens (primary N) is 1. The maximum absolute atomic E-state index is 13.0. The van der Waals surface area contributed by atoms with Crippen LogP contribution in [0.15, 0.2) is 54.9 Å². The Kier molecular flexibility index (Phi) is 5.53. The van der Waals surface area contributed by atoms with Crippen LogP contribution in [0.2, 0.25) is 0 Å². The molecule has 2 aromatic heterocycles. The van der Waals surface area contributed by atoms with Crippen LogP contribution in [0, 0.1) is 0 Å². The third-order valence-electron chi connectivity index (χ3n) is 5.66. The zero-order valence-corrected chi connectivity index (χ0v) is 18.2. The molecule has 5 rings (SSSR count). The first-order valence-electron chi connectivity index (χ1n) is 10.5.